The largest absolute Gasteiger partial charge is 0.481 e. The zero-order valence-corrected chi connectivity index (χ0v) is 10.3. The van der Waals surface area contributed by atoms with Gasteiger partial charge in [0.1, 0.15) is 11.6 Å². The van der Waals surface area contributed by atoms with E-state index in [-0.39, 0.29) is 6.42 Å². The molecule has 3 nitrogen and oxygen atoms in total. The average Bonchev–Trinajstić information content (AvgIpc) is 2.37. The lowest BCUT2D eigenvalue weighted by Gasteiger charge is -2.11. The van der Waals surface area contributed by atoms with Crippen LogP contribution in [0.4, 0.5) is 8.78 Å². The molecule has 0 spiro atoms. The molecule has 0 fully saturated rings. The third-order valence-electron chi connectivity index (χ3n) is 2.70. The first kappa shape index (κ1) is 13.4. The van der Waals surface area contributed by atoms with Crippen LogP contribution in [-0.2, 0) is 6.42 Å². The lowest BCUT2D eigenvalue weighted by molar-refractivity contribution is 0.177. The standard InChI is InChI=1S/C14H13F2NO2/c1-19-14-3-2-10(8-17-14)13(18)6-9-4-11(15)7-12(16)5-9/h2-5,7-8,13,18H,6H2,1H3. The minimum atomic E-state index is -0.875. The van der Waals surface area contributed by atoms with E-state index in [1.165, 1.54) is 25.4 Å². The molecule has 1 N–H and O–H groups in total. The molecule has 0 amide bonds. The van der Waals surface area contributed by atoms with Crippen LogP contribution >= 0.6 is 0 Å². The molecule has 1 aromatic carbocycles. The van der Waals surface area contributed by atoms with Crippen LogP contribution in [0.25, 0.3) is 0 Å². The highest BCUT2D eigenvalue weighted by molar-refractivity contribution is 5.24. The fourth-order valence-corrected chi connectivity index (χ4v) is 1.78. The van der Waals surface area contributed by atoms with Crippen LogP contribution in [0.1, 0.15) is 17.2 Å². The summed E-state index contributed by atoms with van der Waals surface area (Å²) in [5, 5.41) is 9.99. The monoisotopic (exact) mass is 265 g/mol. The highest BCUT2D eigenvalue weighted by atomic mass is 19.1. The minimum Gasteiger partial charge on any atom is -0.481 e. The van der Waals surface area contributed by atoms with Crippen molar-refractivity contribution in [2.75, 3.05) is 7.11 Å². The van der Waals surface area contributed by atoms with Crippen LogP contribution in [0.3, 0.4) is 0 Å². The van der Waals surface area contributed by atoms with Gasteiger partial charge in [-0.1, -0.05) is 0 Å². The number of methoxy groups -OCH3 is 1. The smallest absolute Gasteiger partial charge is 0.212 e. The number of benzene rings is 1. The molecule has 0 bridgehead atoms. The predicted molar refractivity (Wildman–Crippen MR) is 65.8 cm³/mol. The Bertz CT molecular complexity index is 538. The maximum atomic E-state index is 13.0. The van der Waals surface area contributed by atoms with Crippen molar-refractivity contribution in [3.05, 3.63) is 59.3 Å². The molecule has 2 aromatic rings. The molecule has 100 valence electrons. The summed E-state index contributed by atoms with van der Waals surface area (Å²) in [6.45, 7) is 0. The molecule has 5 heteroatoms. The van der Waals surface area contributed by atoms with E-state index in [0.29, 0.717) is 17.0 Å². The van der Waals surface area contributed by atoms with Gasteiger partial charge in [-0.2, -0.15) is 0 Å². The van der Waals surface area contributed by atoms with Crippen molar-refractivity contribution >= 4 is 0 Å². The van der Waals surface area contributed by atoms with Gasteiger partial charge in [0.05, 0.1) is 13.2 Å². The molecule has 0 saturated heterocycles. The molecule has 2 rings (SSSR count). The molecule has 1 aromatic heterocycles. The van der Waals surface area contributed by atoms with E-state index in [1.54, 1.807) is 12.1 Å². The number of aliphatic hydroxyl groups is 1. The van der Waals surface area contributed by atoms with E-state index in [9.17, 15) is 13.9 Å². The van der Waals surface area contributed by atoms with Crippen molar-refractivity contribution in [1.29, 1.82) is 0 Å². The summed E-state index contributed by atoms with van der Waals surface area (Å²) >= 11 is 0. The van der Waals surface area contributed by atoms with Gasteiger partial charge < -0.3 is 9.84 Å². The second-order valence-electron chi connectivity index (χ2n) is 4.13. The maximum Gasteiger partial charge on any atom is 0.212 e. The molecule has 1 unspecified atom stereocenters. The number of hydrogen-bond donors (Lipinski definition) is 1. The number of aromatic nitrogens is 1. The third kappa shape index (κ3) is 3.48. The van der Waals surface area contributed by atoms with E-state index >= 15 is 0 Å². The van der Waals surface area contributed by atoms with Crippen molar-refractivity contribution in [3.63, 3.8) is 0 Å². The Morgan fingerprint density at radius 1 is 1.21 bits per heavy atom. The summed E-state index contributed by atoms with van der Waals surface area (Å²) < 4.78 is 31.0. The summed E-state index contributed by atoms with van der Waals surface area (Å²) in [5.41, 5.74) is 0.950. The lowest BCUT2D eigenvalue weighted by Crippen LogP contribution is -2.03. The molecule has 0 aliphatic rings. The number of ether oxygens (including phenoxy) is 1. The zero-order chi connectivity index (χ0) is 13.8. The number of hydrogen-bond acceptors (Lipinski definition) is 3. The van der Waals surface area contributed by atoms with Gasteiger partial charge in [0.15, 0.2) is 0 Å². The number of pyridine rings is 1. The summed E-state index contributed by atoms with van der Waals surface area (Å²) in [7, 11) is 1.49. The van der Waals surface area contributed by atoms with Crippen molar-refractivity contribution in [1.82, 2.24) is 4.98 Å². The van der Waals surface area contributed by atoms with Crippen LogP contribution in [0, 0.1) is 11.6 Å². The predicted octanol–water partition coefficient (Wildman–Crippen LogP) is 2.64. The second kappa shape index (κ2) is 5.75. The second-order valence-corrected chi connectivity index (χ2v) is 4.13. The van der Waals surface area contributed by atoms with E-state index in [1.807, 2.05) is 0 Å². The van der Waals surface area contributed by atoms with Gasteiger partial charge in [-0.15, -0.1) is 0 Å². The van der Waals surface area contributed by atoms with Crippen LogP contribution in [0.5, 0.6) is 5.88 Å². The number of rotatable bonds is 4. The Hall–Kier alpha value is -2.01. The Morgan fingerprint density at radius 3 is 2.42 bits per heavy atom. The summed E-state index contributed by atoms with van der Waals surface area (Å²) in [5.74, 6) is -0.877. The Labute approximate surface area is 109 Å². The van der Waals surface area contributed by atoms with E-state index in [0.717, 1.165) is 6.07 Å². The first-order chi connectivity index (χ1) is 9.08. The number of nitrogens with zero attached hydrogens (tertiary/aromatic N) is 1. The Kier molecular flexibility index (Phi) is 4.06. The molecule has 19 heavy (non-hydrogen) atoms. The summed E-state index contributed by atoms with van der Waals surface area (Å²) in [6, 6.07) is 6.47. The number of halogens is 2. The highest BCUT2D eigenvalue weighted by Gasteiger charge is 2.11. The molecule has 1 heterocycles. The van der Waals surface area contributed by atoms with Gasteiger partial charge in [-0.25, -0.2) is 13.8 Å². The van der Waals surface area contributed by atoms with Crippen LogP contribution in [-0.4, -0.2) is 17.2 Å². The highest BCUT2D eigenvalue weighted by Crippen LogP contribution is 2.20. The van der Waals surface area contributed by atoms with E-state index < -0.39 is 17.7 Å². The van der Waals surface area contributed by atoms with Crippen molar-refractivity contribution in [2.24, 2.45) is 0 Å². The molecule has 1 atom stereocenters. The SMILES string of the molecule is COc1ccc(C(O)Cc2cc(F)cc(F)c2)cn1. The third-order valence-corrected chi connectivity index (χ3v) is 2.70. The van der Waals surface area contributed by atoms with Gasteiger partial charge in [-0.3, -0.25) is 0 Å². The van der Waals surface area contributed by atoms with Gasteiger partial charge in [0.2, 0.25) is 5.88 Å². The molecule has 0 saturated carbocycles. The molecule has 0 aliphatic heterocycles. The molecule has 0 aliphatic carbocycles. The quantitative estimate of drug-likeness (QED) is 0.924. The van der Waals surface area contributed by atoms with Crippen molar-refractivity contribution in [2.45, 2.75) is 12.5 Å². The number of aliphatic hydroxyl groups excluding tert-OH is 1. The zero-order valence-electron chi connectivity index (χ0n) is 10.3. The van der Waals surface area contributed by atoms with Gasteiger partial charge in [0, 0.05) is 24.8 Å². The van der Waals surface area contributed by atoms with Gasteiger partial charge in [-0.05, 0) is 29.3 Å². The van der Waals surface area contributed by atoms with Gasteiger partial charge >= 0.3 is 0 Å². The maximum absolute atomic E-state index is 13.0. The molecular formula is C14H13F2NO2. The topological polar surface area (TPSA) is 42.4 Å². The fraction of sp³-hybridized carbons (Fsp3) is 0.214. The Morgan fingerprint density at radius 2 is 1.89 bits per heavy atom. The van der Waals surface area contributed by atoms with Gasteiger partial charge in [0.25, 0.3) is 0 Å². The van der Waals surface area contributed by atoms with Crippen LogP contribution < -0.4 is 4.74 Å². The van der Waals surface area contributed by atoms with Crippen molar-refractivity contribution < 1.29 is 18.6 Å². The normalized spacial score (nSPS) is 12.2. The average molecular weight is 265 g/mol. The first-order valence-corrected chi connectivity index (χ1v) is 5.71. The van der Waals surface area contributed by atoms with Crippen LogP contribution in [0.2, 0.25) is 0 Å². The molecular weight excluding hydrogens is 252 g/mol. The van der Waals surface area contributed by atoms with E-state index in [2.05, 4.69) is 4.98 Å². The summed E-state index contributed by atoms with van der Waals surface area (Å²) in [6.07, 6.45) is 0.710. The Balaban J connectivity index is 2.13. The van der Waals surface area contributed by atoms with Crippen LogP contribution in [0.15, 0.2) is 36.5 Å². The van der Waals surface area contributed by atoms with E-state index in [4.69, 9.17) is 4.74 Å². The van der Waals surface area contributed by atoms with Crippen molar-refractivity contribution in [3.8, 4) is 5.88 Å². The lowest BCUT2D eigenvalue weighted by atomic mass is 10.0. The molecule has 0 radical (unpaired) electrons. The minimum absolute atomic E-state index is 0.114. The first-order valence-electron chi connectivity index (χ1n) is 5.71. The summed E-state index contributed by atoms with van der Waals surface area (Å²) in [4.78, 5) is 3.96. The fourth-order valence-electron chi connectivity index (χ4n) is 1.78.